The molecule has 14 heavy (non-hydrogen) atoms. The topological polar surface area (TPSA) is 20.7 Å². The highest BCUT2D eigenvalue weighted by Gasteiger charge is 2.07. The average molecular weight is 227 g/mol. The summed E-state index contributed by atoms with van der Waals surface area (Å²) in [5.41, 5.74) is 3.25. The quantitative estimate of drug-likeness (QED) is 0.736. The zero-order valence-corrected chi connectivity index (χ0v) is 9.67. The fourth-order valence-corrected chi connectivity index (χ4v) is 2.19. The molecule has 0 fully saturated rings. The zero-order valence-electron chi connectivity index (χ0n) is 8.10. The maximum absolute atomic E-state index is 6.06. The van der Waals surface area contributed by atoms with Crippen LogP contribution in [-0.2, 0) is 6.54 Å². The van der Waals surface area contributed by atoms with Gasteiger partial charge in [-0.2, -0.15) is 0 Å². The van der Waals surface area contributed by atoms with Gasteiger partial charge >= 0.3 is 0 Å². The van der Waals surface area contributed by atoms with Gasteiger partial charge in [-0.25, -0.2) is 0 Å². The van der Waals surface area contributed by atoms with Gasteiger partial charge in [-0.1, -0.05) is 11.6 Å². The molecule has 2 rings (SSSR count). The lowest BCUT2D eigenvalue weighted by atomic mass is 10.2. The van der Waals surface area contributed by atoms with E-state index in [2.05, 4.69) is 16.5 Å². The lowest BCUT2D eigenvalue weighted by molar-refractivity contribution is 0.772. The van der Waals surface area contributed by atoms with Gasteiger partial charge in [0.25, 0.3) is 0 Å². The molecule has 0 amide bonds. The van der Waals surface area contributed by atoms with Crippen molar-refractivity contribution in [3.8, 4) is 0 Å². The third-order valence-corrected chi connectivity index (χ3v) is 3.17. The van der Waals surface area contributed by atoms with Crippen molar-refractivity contribution in [1.82, 2.24) is 9.55 Å². The van der Waals surface area contributed by atoms with Gasteiger partial charge in [-0.3, -0.25) is 0 Å². The molecule has 0 aliphatic carbocycles. The molecule has 1 heterocycles. The predicted molar refractivity (Wildman–Crippen MR) is 62.5 cm³/mol. The number of aryl methyl sites for hydroxylation is 2. The number of aromatic nitrogens is 2. The minimum Gasteiger partial charge on any atom is -0.331 e. The minimum atomic E-state index is 0.757. The Hall–Kier alpha value is -0.800. The fourth-order valence-electron chi connectivity index (χ4n) is 1.71. The Labute approximate surface area is 92.5 Å². The molecule has 2 nitrogen and oxygen atoms in total. The summed E-state index contributed by atoms with van der Waals surface area (Å²) in [5.74, 6) is 0. The summed E-state index contributed by atoms with van der Waals surface area (Å²) in [6, 6.07) is 3.86. The van der Waals surface area contributed by atoms with Gasteiger partial charge < -0.3 is 9.55 Å². The highest BCUT2D eigenvalue weighted by molar-refractivity contribution is 7.71. The summed E-state index contributed by atoms with van der Waals surface area (Å²) in [6.07, 6.45) is 0. The third-order valence-electron chi connectivity index (χ3n) is 2.44. The van der Waals surface area contributed by atoms with E-state index in [-0.39, 0.29) is 0 Å². The molecule has 0 radical (unpaired) electrons. The molecule has 0 spiro atoms. The van der Waals surface area contributed by atoms with Crippen molar-refractivity contribution in [2.45, 2.75) is 20.4 Å². The van der Waals surface area contributed by atoms with E-state index >= 15 is 0 Å². The van der Waals surface area contributed by atoms with E-state index in [1.165, 1.54) is 0 Å². The maximum Gasteiger partial charge on any atom is 0.178 e. The number of halogens is 1. The monoisotopic (exact) mass is 226 g/mol. The average Bonchev–Trinajstić information content (AvgIpc) is 2.48. The first-order valence-corrected chi connectivity index (χ1v) is 5.31. The number of H-pyrrole nitrogens is 1. The molecule has 1 aromatic heterocycles. The molecule has 0 aliphatic rings. The van der Waals surface area contributed by atoms with Gasteiger partial charge in [0.1, 0.15) is 0 Å². The SMILES string of the molecule is CCn1c(=S)[nH]c2ccc(Cl)c(C)c21. The van der Waals surface area contributed by atoms with Crippen LogP contribution >= 0.6 is 23.8 Å². The van der Waals surface area contributed by atoms with Crippen LogP contribution in [0.2, 0.25) is 5.02 Å². The molecule has 0 bridgehead atoms. The molecule has 0 saturated heterocycles. The number of aromatic amines is 1. The fraction of sp³-hybridized carbons (Fsp3) is 0.300. The molecule has 0 unspecified atom stereocenters. The molecule has 0 aliphatic heterocycles. The highest BCUT2D eigenvalue weighted by atomic mass is 35.5. The van der Waals surface area contributed by atoms with E-state index in [1.807, 2.05) is 19.1 Å². The molecular formula is C10H11ClN2S. The third kappa shape index (κ3) is 1.28. The summed E-state index contributed by atoms with van der Waals surface area (Å²) in [6.45, 7) is 4.95. The first-order chi connectivity index (χ1) is 6.65. The van der Waals surface area contributed by atoms with Crippen LogP contribution in [0.25, 0.3) is 11.0 Å². The van der Waals surface area contributed by atoms with Crippen molar-refractivity contribution in [2.24, 2.45) is 0 Å². The van der Waals surface area contributed by atoms with Crippen molar-refractivity contribution >= 4 is 34.9 Å². The van der Waals surface area contributed by atoms with Crippen LogP contribution in [-0.4, -0.2) is 9.55 Å². The Balaban J connectivity index is 2.98. The number of imidazole rings is 1. The predicted octanol–water partition coefficient (Wildman–Crippen LogP) is 3.68. The molecule has 1 aromatic carbocycles. The van der Waals surface area contributed by atoms with Crippen LogP contribution in [0.3, 0.4) is 0 Å². The number of rotatable bonds is 1. The van der Waals surface area contributed by atoms with Crippen molar-refractivity contribution in [3.05, 3.63) is 27.5 Å². The minimum absolute atomic E-state index is 0.757. The molecule has 4 heteroatoms. The summed E-state index contributed by atoms with van der Waals surface area (Å²) < 4.78 is 2.82. The lowest BCUT2D eigenvalue weighted by Crippen LogP contribution is -1.95. The van der Waals surface area contributed by atoms with Gasteiger partial charge in [0.2, 0.25) is 0 Å². The number of nitrogens with one attached hydrogen (secondary N) is 1. The Morgan fingerprint density at radius 2 is 2.21 bits per heavy atom. The first kappa shape index (κ1) is 9.74. The van der Waals surface area contributed by atoms with Crippen LogP contribution in [0.4, 0.5) is 0 Å². The van der Waals surface area contributed by atoms with E-state index in [4.69, 9.17) is 23.8 Å². The van der Waals surface area contributed by atoms with E-state index in [9.17, 15) is 0 Å². The lowest BCUT2D eigenvalue weighted by Gasteiger charge is -2.03. The van der Waals surface area contributed by atoms with Gasteiger partial charge in [0, 0.05) is 11.6 Å². The molecule has 2 aromatic rings. The second kappa shape index (κ2) is 3.41. The van der Waals surface area contributed by atoms with Gasteiger partial charge in [0.15, 0.2) is 4.77 Å². The van der Waals surface area contributed by atoms with Gasteiger partial charge in [-0.15, -0.1) is 0 Å². The summed E-state index contributed by atoms with van der Waals surface area (Å²) in [5, 5.41) is 0.786. The normalized spacial score (nSPS) is 11.1. The summed E-state index contributed by atoms with van der Waals surface area (Å²) in [4.78, 5) is 3.17. The second-order valence-corrected chi connectivity index (χ2v) is 4.04. The number of hydrogen-bond acceptors (Lipinski definition) is 1. The van der Waals surface area contributed by atoms with E-state index in [0.717, 1.165) is 32.9 Å². The highest BCUT2D eigenvalue weighted by Crippen LogP contribution is 2.25. The Morgan fingerprint density at radius 3 is 2.86 bits per heavy atom. The van der Waals surface area contributed by atoms with Crippen LogP contribution in [0.1, 0.15) is 12.5 Å². The van der Waals surface area contributed by atoms with E-state index in [0.29, 0.717) is 0 Å². The molecule has 74 valence electrons. The number of fused-ring (bicyclic) bond motifs is 1. The number of benzene rings is 1. The smallest absolute Gasteiger partial charge is 0.178 e. The number of hydrogen-bond donors (Lipinski definition) is 1. The molecular weight excluding hydrogens is 216 g/mol. The Bertz CT molecular complexity index is 539. The van der Waals surface area contributed by atoms with Crippen LogP contribution in [0, 0.1) is 11.7 Å². The Morgan fingerprint density at radius 1 is 1.50 bits per heavy atom. The van der Waals surface area contributed by atoms with Crippen molar-refractivity contribution in [1.29, 1.82) is 0 Å². The number of nitrogens with zero attached hydrogens (tertiary/aromatic N) is 1. The van der Waals surface area contributed by atoms with Crippen LogP contribution < -0.4 is 0 Å². The van der Waals surface area contributed by atoms with Crippen molar-refractivity contribution < 1.29 is 0 Å². The van der Waals surface area contributed by atoms with E-state index in [1.54, 1.807) is 0 Å². The van der Waals surface area contributed by atoms with Crippen molar-refractivity contribution in [3.63, 3.8) is 0 Å². The standard InChI is InChI=1S/C10H11ClN2S/c1-3-13-9-6(2)7(11)4-5-8(9)12-10(13)14/h4-5H,3H2,1-2H3,(H,12,14). The van der Waals surface area contributed by atoms with Gasteiger partial charge in [0.05, 0.1) is 11.0 Å². The summed E-state index contributed by atoms with van der Waals surface area (Å²) in [7, 11) is 0. The van der Waals surface area contributed by atoms with Gasteiger partial charge in [-0.05, 0) is 43.8 Å². The second-order valence-electron chi connectivity index (χ2n) is 3.24. The first-order valence-electron chi connectivity index (χ1n) is 4.52. The van der Waals surface area contributed by atoms with Crippen LogP contribution in [0.15, 0.2) is 12.1 Å². The zero-order chi connectivity index (χ0) is 10.3. The van der Waals surface area contributed by atoms with Crippen LogP contribution in [0.5, 0.6) is 0 Å². The Kier molecular flexibility index (Phi) is 2.37. The molecule has 1 N–H and O–H groups in total. The maximum atomic E-state index is 6.06. The summed E-state index contributed by atoms with van der Waals surface area (Å²) >= 11 is 11.3. The largest absolute Gasteiger partial charge is 0.331 e. The molecule has 0 atom stereocenters. The van der Waals surface area contributed by atoms with E-state index < -0.39 is 0 Å². The van der Waals surface area contributed by atoms with Crippen molar-refractivity contribution in [2.75, 3.05) is 0 Å². The molecule has 0 saturated carbocycles.